The molecule has 1 atom stereocenters. The van der Waals surface area contributed by atoms with E-state index >= 15 is 0 Å². The Morgan fingerprint density at radius 1 is 1.07 bits per heavy atom. The fourth-order valence-corrected chi connectivity index (χ4v) is 6.02. The van der Waals surface area contributed by atoms with Gasteiger partial charge in [-0.1, -0.05) is 12.1 Å². The van der Waals surface area contributed by atoms with Gasteiger partial charge in [0.15, 0.2) is 5.17 Å². The number of hydrogen-bond acceptors (Lipinski definition) is 7. The smallest absolute Gasteiger partial charge is 0.416 e. The van der Waals surface area contributed by atoms with Crippen molar-refractivity contribution in [2.24, 2.45) is 4.99 Å². The van der Waals surface area contributed by atoms with Crippen molar-refractivity contribution in [1.29, 1.82) is 0 Å². The van der Waals surface area contributed by atoms with Crippen molar-refractivity contribution in [3.63, 3.8) is 0 Å². The van der Waals surface area contributed by atoms with Crippen molar-refractivity contribution < 1.29 is 45.8 Å². The number of fused-ring (bicyclic) bond motifs is 1. The van der Waals surface area contributed by atoms with Gasteiger partial charge in [0.1, 0.15) is 5.60 Å². The average Bonchev–Trinajstić information content (AvgIpc) is 3.53. The lowest BCUT2D eigenvalue weighted by Crippen LogP contribution is -2.58. The summed E-state index contributed by atoms with van der Waals surface area (Å²) >= 11 is 1.14. The number of aromatic nitrogens is 2. The predicted octanol–water partition coefficient (Wildman–Crippen LogP) is 6.01. The second-order valence-corrected chi connectivity index (χ2v) is 12.8. The number of thioether (sulfide) groups is 1. The van der Waals surface area contributed by atoms with E-state index in [1.54, 1.807) is 45.0 Å². The van der Waals surface area contributed by atoms with Gasteiger partial charge >= 0.3 is 18.4 Å². The molecule has 1 aromatic heterocycles. The van der Waals surface area contributed by atoms with Gasteiger partial charge in [-0.15, -0.1) is 0 Å². The van der Waals surface area contributed by atoms with Gasteiger partial charge in [0.05, 0.1) is 46.9 Å². The summed E-state index contributed by atoms with van der Waals surface area (Å²) < 4.78 is 86.8. The van der Waals surface area contributed by atoms with Gasteiger partial charge in [-0.25, -0.2) is 4.79 Å². The first-order valence-corrected chi connectivity index (χ1v) is 14.9. The van der Waals surface area contributed by atoms with E-state index in [4.69, 9.17) is 4.74 Å². The largest absolute Gasteiger partial charge is 0.444 e. The molecule has 0 unspecified atom stereocenters. The van der Waals surface area contributed by atoms with Crippen LogP contribution < -0.4 is 0 Å². The van der Waals surface area contributed by atoms with Crippen LogP contribution in [0.5, 0.6) is 0 Å². The predicted molar refractivity (Wildman–Crippen MR) is 159 cm³/mol. The minimum atomic E-state index is -5.00. The normalized spacial score (nSPS) is 18.9. The lowest BCUT2D eigenvalue weighted by Gasteiger charge is -2.41. The molecule has 0 spiro atoms. The van der Waals surface area contributed by atoms with Gasteiger partial charge in [-0.3, -0.25) is 14.4 Å². The number of hydrogen-bond donors (Lipinski definition) is 1. The van der Waals surface area contributed by atoms with E-state index in [1.807, 2.05) is 4.90 Å². The zero-order valence-corrected chi connectivity index (χ0v) is 25.6. The molecule has 1 saturated heterocycles. The Morgan fingerprint density at radius 3 is 2.46 bits per heavy atom. The number of carbonyl (C=O) groups is 2. The minimum absolute atomic E-state index is 0.100. The number of aliphatic hydroxyl groups excluding tert-OH is 1. The number of carbonyl (C=O) groups excluding carboxylic acids is 2. The summed E-state index contributed by atoms with van der Waals surface area (Å²) in [6.45, 7) is 5.37. The number of alkyl halides is 6. The molecule has 5 rings (SSSR count). The number of rotatable bonds is 4. The maximum atomic E-state index is 13.6. The van der Waals surface area contributed by atoms with E-state index in [-0.39, 0.29) is 31.3 Å². The van der Waals surface area contributed by atoms with Crippen LogP contribution in [0.1, 0.15) is 43.0 Å². The van der Waals surface area contributed by atoms with Crippen molar-refractivity contribution in [1.82, 2.24) is 19.6 Å². The van der Waals surface area contributed by atoms with Gasteiger partial charge in [0, 0.05) is 25.0 Å². The summed E-state index contributed by atoms with van der Waals surface area (Å²) in [6, 6.07) is 5.86. The number of amidine groups is 1. The molecule has 3 aromatic rings. The first kappa shape index (κ1) is 33.3. The quantitative estimate of drug-likeness (QED) is 0.269. The molecular formula is C30H29F6N5O4S. The molecule has 9 nitrogen and oxygen atoms in total. The van der Waals surface area contributed by atoms with Crippen LogP contribution >= 0.6 is 11.8 Å². The summed E-state index contributed by atoms with van der Waals surface area (Å²) in [6.07, 6.45) is -7.44. The first-order valence-electron chi connectivity index (χ1n) is 14.0. The van der Waals surface area contributed by atoms with Gasteiger partial charge in [0.25, 0.3) is 5.91 Å². The molecule has 2 aliphatic rings. The second-order valence-electron chi connectivity index (χ2n) is 11.8. The van der Waals surface area contributed by atoms with Gasteiger partial charge in [0.2, 0.25) is 0 Å². The van der Waals surface area contributed by atoms with Gasteiger partial charge < -0.3 is 14.7 Å². The first-order chi connectivity index (χ1) is 21.4. The van der Waals surface area contributed by atoms with Crippen LogP contribution in [0.3, 0.4) is 0 Å². The van der Waals surface area contributed by atoms with Crippen LogP contribution in [0.15, 0.2) is 52.5 Å². The van der Waals surface area contributed by atoms with Gasteiger partial charge in [-0.05, 0) is 74.0 Å². The second kappa shape index (κ2) is 12.3. The lowest BCUT2D eigenvalue weighted by atomic mass is 10.0. The molecule has 246 valence electrons. The molecule has 3 heterocycles. The molecule has 46 heavy (non-hydrogen) atoms. The molecular weight excluding hydrogens is 640 g/mol. The Kier molecular flexibility index (Phi) is 8.90. The Hall–Kier alpha value is -4.05. The van der Waals surface area contributed by atoms with E-state index in [0.717, 1.165) is 17.8 Å². The number of halogens is 6. The third-order valence-corrected chi connectivity index (χ3v) is 8.27. The van der Waals surface area contributed by atoms with Crippen LogP contribution in [0.4, 0.5) is 31.1 Å². The van der Waals surface area contributed by atoms with E-state index in [9.17, 15) is 41.0 Å². The molecule has 0 bridgehead atoms. The number of piperazine rings is 1. The van der Waals surface area contributed by atoms with Crippen LogP contribution in [0.25, 0.3) is 17.0 Å². The van der Waals surface area contributed by atoms with Crippen molar-refractivity contribution in [3.8, 4) is 0 Å². The molecule has 0 aliphatic carbocycles. The highest BCUT2D eigenvalue weighted by atomic mass is 32.2. The zero-order valence-electron chi connectivity index (χ0n) is 24.8. The average molecular weight is 670 g/mol. The Morgan fingerprint density at radius 2 is 1.80 bits per heavy atom. The molecule has 1 fully saturated rings. The number of benzene rings is 2. The highest BCUT2D eigenvalue weighted by Gasteiger charge is 2.39. The topological polar surface area (TPSA) is 100 Å². The molecule has 2 aliphatic heterocycles. The SMILES string of the molecule is CC(C)(C)OC(=O)N1CCN(C2=NC(=O)C(=Cc3ccc4c(cnn4Cc4ccc(C(F)(F)F)cc4C(F)(F)F)c3)S2)C[C@@H]1CO. The summed E-state index contributed by atoms with van der Waals surface area (Å²) in [7, 11) is 0. The highest BCUT2D eigenvalue weighted by molar-refractivity contribution is 8.18. The van der Waals surface area contributed by atoms with Crippen molar-refractivity contribution in [2.75, 3.05) is 26.2 Å². The van der Waals surface area contributed by atoms with Crippen molar-refractivity contribution >= 4 is 45.9 Å². The summed E-state index contributed by atoms with van der Waals surface area (Å²) in [5.41, 5.74) is -2.82. The minimum Gasteiger partial charge on any atom is -0.444 e. The maximum Gasteiger partial charge on any atom is 0.416 e. The van der Waals surface area contributed by atoms with Crippen molar-refractivity contribution in [2.45, 2.75) is 51.3 Å². The Balaban J connectivity index is 1.30. The van der Waals surface area contributed by atoms with E-state index < -0.39 is 53.7 Å². The third-order valence-electron chi connectivity index (χ3n) is 7.23. The fraction of sp³-hybridized carbons (Fsp3) is 0.400. The van der Waals surface area contributed by atoms with E-state index in [0.29, 0.717) is 39.2 Å². The molecule has 16 heteroatoms. The highest BCUT2D eigenvalue weighted by Crippen LogP contribution is 2.38. The number of aliphatic hydroxyl groups is 1. The van der Waals surface area contributed by atoms with E-state index in [1.165, 1.54) is 15.8 Å². The fourth-order valence-electron chi connectivity index (χ4n) is 5.07. The van der Waals surface area contributed by atoms with Crippen LogP contribution in [0.2, 0.25) is 0 Å². The maximum absolute atomic E-state index is 13.6. The summed E-state index contributed by atoms with van der Waals surface area (Å²) in [5.74, 6) is -0.479. The summed E-state index contributed by atoms with van der Waals surface area (Å²) in [4.78, 5) is 33.1. The van der Waals surface area contributed by atoms with Crippen LogP contribution in [-0.2, 0) is 28.4 Å². The van der Waals surface area contributed by atoms with Crippen LogP contribution in [-0.4, -0.2) is 79.7 Å². The molecule has 1 N–H and O–H groups in total. The number of amides is 2. The number of nitrogens with zero attached hydrogens (tertiary/aromatic N) is 5. The number of aliphatic imine (C=N–C) groups is 1. The lowest BCUT2D eigenvalue weighted by molar-refractivity contribution is -0.143. The van der Waals surface area contributed by atoms with Gasteiger partial charge in [-0.2, -0.15) is 36.4 Å². The monoisotopic (exact) mass is 669 g/mol. The standard InChI is InChI=1S/C30H29F6N5O4S/c1-28(2,3)45-27(44)40-9-8-39(15-21(40)16-42)26-38-25(43)24(46-26)11-17-4-7-23-19(10-17)13-37-41(23)14-18-5-6-20(29(31,32)33)12-22(18)30(34,35)36/h4-7,10-13,21,42H,8-9,14-16H2,1-3H3/t21-/m1/s1. The zero-order chi connectivity index (χ0) is 33.6. The Bertz CT molecular complexity index is 1730. The van der Waals surface area contributed by atoms with Crippen LogP contribution in [0, 0.1) is 0 Å². The van der Waals surface area contributed by atoms with Crippen molar-refractivity contribution in [3.05, 3.63) is 69.8 Å². The molecule has 2 amide bonds. The third kappa shape index (κ3) is 7.33. The number of ether oxygens (including phenoxy) is 1. The molecule has 0 radical (unpaired) electrons. The molecule has 2 aromatic carbocycles. The molecule has 0 saturated carbocycles. The Labute approximate surface area is 263 Å². The summed E-state index contributed by atoms with van der Waals surface area (Å²) in [5, 5.41) is 15.0. The van der Waals surface area contributed by atoms with E-state index in [2.05, 4.69) is 10.1 Å².